The van der Waals surface area contributed by atoms with Crippen molar-refractivity contribution in [3.8, 4) is 11.1 Å². The third-order valence-corrected chi connectivity index (χ3v) is 4.54. The predicted molar refractivity (Wildman–Crippen MR) is 87.8 cm³/mol. The van der Waals surface area contributed by atoms with E-state index in [9.17, 15) is 0 Å². The number of benzene rings is 2. The van der Waals surface area contributed by atoms with Gasteiger partial charge < -0.3 is 10.3 Å². The second-order valence-electron chi connectivity index (χ2n) is 5.42. The highest BCUT2D eigenvalue weighted by molar-refractivity contribution is 9.10. The van der Waals surface area contributed by atoms with Gasteiger partial charge in [-0.3, -0.25) is 0 Å². The van der Waals surface area contributed by atoms with Gasteiger partial charge in [0.25, 0.3) is 0 Å². The van der Waals surface area contributed by atoms with Crippen molar-refractivity contribution in [3.63, 3.8) is 0 Å². The molecule has 0 fully saturated rings. The summed E-state index contributed by atoms with van der Waals surface area (Å²) in [5.41, 5.74) is 12.0. The molecule has 2 heterocycles. The second kappa shape index (κ2) is 4.38. The van der Waals surface area contributed by atoms with Gasteiger partial charge in [0.05, 0.1) is 5.52 Å². The molecule has 1 aromatic heterocycles. The molecule has 3 heteroatoms. The first-order chi connectivity index (χ1) is 9.72. The molecule has 2 nitrogen and oxygen atoms in total. The van der Waals surface area contributed by atoms with Crippen LogP contribution >= 0.6 is 15.9 Å². The standard InChI is InChI=1S/C17H15BrN2/c18-13-8-12-2-1-7-20-10-16(15(9-13)17(12)20)11-3-5-14(19)6-4-11/h3-6,8-10H,1-2,7,19H2. The molecule has 20 heavy (non-hydrogen) atoms. The average molecular weight is 327 g/mol. The van der Waals surface area contributed by atoms with E-state index in [1.165, 1.54) is 40.4 Å². The Hall–Kier alpha value is -1.74. The van der Waals surface area contributed by atoms with E-state index in [1.807, 2.05) is 12.1 Å². The smallest absolute Gasteiger partial charge is 0.0520 e. The van der Waals surface area contributed by atoms with Crippen molar-refractivity contribution >= 4 is 32.5 Å². The van der Waals surface area contributed by atoms with Crippen molar-refractivity contribution < 1.29 is 0 Å². The molecule has 1 aliphatic rings. The van der Waals surface area contributed by atoms with Gasteiger partial charge in [0.15, 0.2) is 0 Å². The number of hydrogen-bond donors (Lipinski definition) is 1. The fraction of sp³-hybridized carbons (Fsp3) is 0.176. The summed E-state index contributed by atoms with van der Waals surface area (Å²) in [7, 11) is 0. The summed E-state index contributed by atoms with van der Waals surface area (Å²) in [5, 5.41) is 1.33. The molecule has 0 unspecified atom stereocenters. The summed E-state index contributed by atoms with van der Waals surface area (Å²) < 4.78 is 3.56. The van der Waals surface area contributed by atoms with Crippen molar-refractivity contribution in [3.05, 3.63) is 52.6 Å². The Labute approximate surface area is 126 Å². The Balaban J connectivity index is 2.03. The van der Waals surface area contributed by atoms with Crippen LogP contribution in [0, 0.1) is 0 Å². The van der Waals surface area contributed by atoms with E-state index in [0.717, 1.165) is 16.7 Å². The molecule has 0 spiro atoms. The van der Waals surface area contributed by atoms with Gasteiger partial charge in [-0.15, -0.1) is 0 Å². The fourth-order valence-electron chi connectivity index (χ4n) is 3.19. The van der Waals surface area contributed by atoms with Gasteiger partial charge in [-0.2, -0.15) is 0 Å². The minimum Gasteiger partial charge on any atom is -0.399 e. The minimum atomic E-state index is 0.809. The van der Waals surface area contributed by atoms with E-state index < -0.39 is 0 Å². The lowest BCUT2D eigenvalue weighted by atomic mass is 10.00. The molecule has 3 aromatic rings. The summed E-state index contributed by atoms with van der Waals surface area (Å²) in [6.45, 7) is 1.11. The zero-order valence-corrected chi connectivity index (χ0v) is 12.7. The molecule has 0 radical (unpaired) electrons. The van der Waals surface area contributed by atoms with Gasteiger partial charge >= 0.3 is 0 Å². The van der Waals surface area contributed by atoms with Crippen LogP contribution in [0.15, 0.2) is 47.1 Å². The molecule has 0 amide bonds. The zero-order valence-electron chi connectivity index (χ0n) is 11.1. The van der Waals surface area contributed by atoms with Gasteiger partial charge in [-0.25, -0.2) is 0 Å². The van der Waals surface area contributed by atoms with Crippen molar-refractivity contribution in [2.24, 2.45) is 0 Å². The number of anilines is 1. The predicted octanol–water partition coefficient (Wildman–Crippen LogP) is 4.60. The van der Waals surface area contributed by atoms with Crippen LogP contribution in [-0.4, -0.2) is 4.57 Å². The Morgan fingerprint density at radius 3 is 2.70 bits per heavy atom. The van der Waals surface area contributed by atoms with E-state index in [2.05, 4.69) is 51.0 Å². The first kappa shape index (κ1) is 12.0. The summed E-state index contributed by atoms with van der Waals surface area (Å²) >= 11 is 3.65. The van der Waals surface area contributed by atoms with E-state index in [4.69, 9.17) is 5.73 Å². The maximum Gasteiger partial charge on any atom is 0.0520 e. The lowest BCUT2D eigenvalue weighted by molar-refractivity contribution is 0.636. The number of aromatic nitrogens is 1. The molecular formula is C17H15BrN2. The Bertz CT molecular complexity index is 800. The lowest BCUT2D eigenvalue weighted by Gasteiger charge is -2.15. The molecule has 0 saturated heterocycles. The number of rotatable bonds is 1. The van der Waals surface area contributed by atoms with Crippen LogP contribution in [0.5, 0.6) is 0 Å². The average Bonchev–Trinajstić information content (AvgIpc) is 2.80. The molecule has 0 aliphatic carbocycles. The maximum atomic E-state index is 5.79. The van der Waals surface area contributed by atoms with E-state index in [1.54, 1.807) is 0 Å². The monoisotopic (exact) mass is 326 g/mol. The van der Waals surface area contributed by atoms with E-state index >= 15 is 0 Å². The summed E-state index contributed by atoms with van der Waals surface area (Å²) in [6.07, 6.45) is 4.67. The van der Waals surface area contributed by atoms with Gasteiger partial charge in [0.1, 0.15) is 0 Å². The molecule has 2 aromatic carbocycles. The normalized spacial score (nSPS) is 13.8. The number of nitrogen functional groups attached to an aromatic ring is 1. The first-order valence-corrected chi connectivity index (χ1v) is 7.69. The number of aryl methyl sites for hydroxylation is 2. The lowest BCUT2D eigenvalue weighted by Crippen LogP contribution is -2.06. The number of hydrogen-bond acceptors (Lipinski definition) is 1. The number of halogens is 1. The van der Waals surface area contributed by atoms with E-state index in [-0.39, 0.29) is 0 Å². The van der Waals surface area contributed by atoms with Crippen LogP contribution in [0.25, 0.3) is 22.0 Å². The molecule has 4 rings (SSSR count). The van der Waals surface area contributed by atoms with Gasteiger partial charge in [-0.1, -0.05) is 28.1 Å². The maximum absolute atomic E-state index is 5.79. The second-order valence-corrected chi connectivity index (χ2v) is 6.34. The first-order valence-electron chi connectivity index (χ1n) is 6.89. The molecule has 0 atom stereocenters. The van der Waals surface area contributed by atoms with Crippen LogP contribution < -0.4 is 5.73 Å². The van der Waals surface area contributed by atoms with Crippen LogP contribution in [0.4, 0.5) is 5.69 Å². The topological polar surface area (TPSA) is 30.9 Å². The third-order valence-electron chi connectivity index (χ3n) is 4.08. The largest absolute Gasteiger partial charge is 0.399 e. The van der Waals surface area contributed by atoms with Crippen LogP contribution in [-0.2, 0) is 13.0 Å². The van der Waals surface area contributed by atoms with Crippen molar-refractivity contribution in [2.45, 2.75) is 19.4 Å². The van der Waals surface area contributed by atoms with Crippen molar-refractivity contribution in [2.75, 3.05) is 5.73 Å². The van der Waals surface area contributed by atoms with Gasteiger partial charge in [-0.05, 0) is 48.2 Å². The van der Waals surface area contributed by atoms with E-state index in [0.29, 0.717) is 0 Å². The summed E-state index contributed by atoms with van der Waals surface area (Å²) in [6, 6.07) is 12.6. The Morgan fingerprint density at radius 2 is 1.90 bits per heavy atom. The SMILES string of the molecule is Nc1ccc(-c2cn3c4c(cc(Br)cc24)CCC3)cc1. The minimum absolute atomic E-state index is 0.809. The van der Waals surface area contributed by atoms with Gasteiger partial charge in [0.2, 0.25) is 0 Å². The van der Waals surface area contributed by atoms with Crippen LogP contribution in [0.2, 0.25) is 0 Å². The summed E-state index contributed by atoms with van der Waals surface area (Å²) in [5.74, 6) is 0. The number of nitrogens with zero attached hydrogens (tertiary/aromatic N) is 1. The Morgan fingerprint density at radius 1 is 1.10 bits per heavy atom. The molecule has 0 bridgehead atoms. The van der Waals surface area contributed by atoms with Crippen molar-refractivity contribution in [1.29, 1.82) is 0 Å². The van der Waals surface area contributed by atoms with Gasteiger partial charge in [0, 0.05) is 33.9 Å². The highest BCUT2D eigenvalue weighted by Crippen LogP contribution is 2.37. The van der Waals surface area contributed by atoms with Crippen LogP contribution in [0.1, 0.15) is 12.0 Å². The summed E-state index contributed by atoms with van der Waals surface area (Å²) in [4.78, 5) is 0. The highest BCUT2D eigenvalue weighted by Gasteiger charge is 2.17. The Kier molecular flexibility index (Phi) is 2.64. The third kappa shape index (κ3) is 1.77. The molecule has 100 valence electrons. The molecule has 1 aliphatic heterocycles. The fourth-order valence-corrected chi connectivity index (χ4v) is 3.69. The quantitative estimate of drug-likeness (QED) is 0.651. The molecule has 2 N–H and O–H groups in total. The zero-order chi connectivity index (χ0) is 13.7. The van der Waals surface area contributed by atoms with Crippen molar-refractivity contribution in [1.82, 2.24) is 4.57 Å². The highest BCUT2D eigenvalue weighted by atomic mass is 79.9. The molecular weight excluding hydrogens is 312 g/mol. The molecule has 0 saturated carbocycles. The van der Waals surface area contributed by atoms with Crippen LogP contribution in [0.3, 0.4) is 0 Å². The number of nitrogens with two attached hydrogens (primary N) is 1.